The Morgan fingerprint density at radius 3 is 2.83 bits per heavy atom. The first kappa shape index (κ1) is 14.2. The van der Waals surface area contributed by atoms with Gasteiger partial charge in [0.05, 0.1) is 6.42 Å². The van der Waals surface area contributed by atoms with Gasteiger partial charge in [0.2, 0.25) is 0 Å². The van der Waals surface area contributed by atoms with Gasteiger partial charge in [-0.15, -0.1) is 0 Å². The van der Waals surface area contributed by atoms with Gasteiger partial charge >= 0.3 is 5.97 Å². The molecule has 0 unspecified atom stereocenters. The summed E-state index contributed by atoms with van der Waals surface area (Å²) in [6.07, 6.45) is 1.12. The van der Waals surface area contributed by atoms with Crippen LogP contribution in [0.2, 0.25) is 0 Å². The lowest BCUT2D eigenvalue weighted by molar-refractivity contribution is -0.136. The predicted molar refractivity (Wildman–Crippen MR) is 71.1 cm³/mol. The average Bonchev–Trinajstić information content (AvgIpc) is 2.28. The molecule has 0 aromatic carbocycles. The molecule has 0 spiro atoms. The van der Waals surface area contributed by atoms with Gasteiger partial charge in [-0.05, 0) is 13.3 Å². The highest BCUT2D eigenvalue weighted by molar-refractivity contribution is 5.67. The number of aryl methyl sites for hydroxylation is 1. The fraction of sp³-hybridized carbons (Fsp3) is 0.583. The number of aliphatic carboxylic acids is 1. The quantitative estimate of drug-likeness (QED) is 0.766. The highest BCUT2D eigenvalue weighted by atomic mass is 16.4. The van der Waals surface area contributed by atoms with Crippen LogP contribution in [0.3, 0.4) is 0 Å². The molecule has 0 aliphatic carbocycles. The summed E-state index contributed by atoms with van der Waals surface area (Å²) in [6.45, 7) is 5.22. The van der Waals surface area contributed by atoms with Gasteiger partial charge in [-0.25, -0.2) is 9.97 Å². The zero-order valence-electron chi connectivity index (χ0n) is 11.1. The van der Waals surface area contributed by atoms with E-state index in [4.69, 9.17) is 5.11 Å². The number of aromatic nitrogens is 2. The van der Waals surface area contributed by atoms with Crippen LogP contribution in [0.4, 0.5) is 11.6 Å². The van der Waals surface area contributed by atoms with Gasteiger partial charge in [-0.3, -0.25) is 4.79 Å². The van der Waals surface area contributed by atoms with Crippen LogP contribution in [-0.2, 0) is 4.79 Å². The van der Waals surface area contributed by atoms with Crippen LogP contribution < -0.4 is 10.2 Å². The summed E-state index contributed by atoms with van der Waals surface area (Å²) in [6, 6.07) is 1.84. The molecule has 0 amide bonds. The molecule has 0 fully saturated rings. The van der Waals surface area contributed by atoms with Crippen molar-refractivity contribution in [1.82, 2.24) is 9.97 Å². The molecular weight excluding hydrogens is 232 g/mol. The third-order valence-electron chi connectivity index (χ3n) is 2.42. The van der Waals surface area contributed by atoms with Crippen LogP contribution in [0.25, 0.3) is 0 Å². The fourth-order valence-electron chi connectivity index (χ4n) is 1.59. The van der Waals surface area contributed by atoms with E-state index in [0.29, 0.717) is 18.2 Å². The molecule has 0 aliphatic rings. The number of rotatable bonds is 7. The number of carboxylic acid groups (broad SMARTS) is 1. The van der Waals surface area contributed by atoms with Crippen LogP contribution in [0.1, 0.15) is 25.6 Å². The molecule has 0 radical (unpaired) electrons. The van der Waals surface area contributed by atoms with E-state index < -0.39 is 5.97 Å². The molecule has 18 heavy (non-hydrogen) atoms. The van der Waals surface area contributed by atoms with Gasteiger partial charge < -0.3 is 15.3 Å². The van der Waals surface area contributed by atoms with E-state index in [9.17, 15) is 4.79 Å². The molecule has 2 N–H and O–H groups in total. The number of nitrogens with one attached hydrogen (secondary N) is 1. The molecule has 0 saturated carbocycles. The number of anilines is 2. The summed E-state index contributed by atoms with van der Waals surface area (Å²) in [7, 11) is 1.98. The number of nitrogens with zero attached hydrogens (tertiary/aromatic N) is 3. The Hall–Kier alpha value is -1.85. The molecule has 0 atom stereocenters. The van der Waals surface area contributed by atoms with Crippen molar-refractivity contribution in [2.75, 3.05) is 30.4 Å². The molecule has 6 nitrogen and oxygen atoms in total. The zero-order valence-corrected chi connectivity index (χ0v) is 11.1. The number of hydrogen-bond donors (Lipinski definition) is 2. The molecule has 1 rings (SSSR count). The Kier molecular flexibility index (Phi) is 5.35. The molecule has 0 bridgehead atoms. The normalized spacial score (nSPS) is 10.2. The monoisotopic (exact) mass is 252 g/mol. The van der Waals surface area contributed by atoms with Gasteiger partial charge in [0.1, 0.15) is 17.5 Å². The highest BCUT2D eigenvalue weighted by Gasteiger charge is 2.06. The lowest BCUT2D eigenvalue weighted by Crippen LogP contribution is -2.20. The van der Waals surface area contributed by atoms with Gasteiger partial charge in [-0.1, -0.05) is 6.92 Å². The summed E-state index contributed by atoms with van der Waals surface area (Å²) in [4.78, 5) is 21.1. The minimum Gasteiger partial charge on any atom is -0.481 e. The van der Waals surface area contributed by atoms with E-state index >= 15 is 0 Å². The van der Waals surface area contributed by atoms with E-state index in [-0.39, 0.29) is 6.42 Å². The summed E-state index contributed by atoms with van der Waals surface area (Å²) in [5.41, 5.74) is 0. The molecule has 100 valence electrons. The van der Waals surface area contributed by atoms with Crippen molar-refractivity contribution in [2.45, 2.75) is 26.7 Å². The lowest BCUT2D eigenvalue weighted by Gasteiger charge is -2.18. The minimum absolute atomic E-state index is 0.0726. The summed E-state index contributed by atoms with van der Waals surface area (Å²) in [5, 5.41) is 11.6. The van der Waals surface area contributed by atoms with E-state index in [2.05, 4.69) is 27.1 Å². The molecule has 1 aromatic heterocycles. The van der Waals surface area contributed by atoms with E-state index in [0.717, 1.165) is 18.8 Å². The second-order valence-electron chi connectivity index (χ2n) is 4.15. The zero-order chi connectivity index (χ0) is 13.5. The van der Waals surface area contributed by atoms with Crippen LogP contribution in [0.5, 0.6) is 0 Å². The van der Waals surface area contributed by atoms with E-state index in [1.165, 1.54) is 0 Å². The third kappa shape index (κ3) is 4.57. The molecule has 0 aliphatic heterocycles. The van der Waals surface area contributed by atoms with Gasteiger partial charge in [-0.2, -0.15) is 0 Å². The Labute approximate surface area is 107 Å². The summed E-state index contributed by atoms with van der Waals surface area (Å²) < 4.78 is 0. The molecule has 1 heterocycles. The first-order valence-electron chi connectivity index (χ1n) is 6.05. The molecule has 0 saturated heterocycles. The Balaban J connectivity index is 2.71. The van der Waals surface area contributed by atoms with Gasteiger partial charge in [0, 0.05) is 26.2 Å². The maximum absolute atomic E-state index is 10.4. The van der Waals surface area contributed by atoms with Gasteiger partial charge in [0.25, 0.3) is 0 Å². The van der Waals surface area contributed by atoms with Crippen molar-refractivity contribution in [3.8, 4) is 0 Å². The maximum Gasteiger partial charge on any atom is 0.305 e. The largest absolute Gasteiger partial charge is 0.481 e. The lowest BCUT2D eigenvalue weighted by atomic mass is 10.4. The van der Waals surface area contributed by atoms with Crippen LogP contribution in [0, 0.1) is 6.92 Å². The fourth-order valence-corrected chi connectivity index (χ4v) is 1.59. The van der Waals surface area contributed by atoms with Crippen molar-refractivity contribution < 1.29 is 9.90 Å². The Bertz CT molecular complexity index is 409. The smallest absolute Gasteiger partial charge is 0.305 e. The predicted octanol–water partition coefficient (Wildman–Crippen LogP) is 1.52. The van der Waals surface area contributed by atoms with Crippen molar-refractivity contribution in [2.24, 2.45) is 0 Å². The van der Waals surface area contributed by atoms with Crippen molar-refractivity contribution in [3.63, 3.8) is 0 Å². The standard InChI is InChI=1S/C12H20N4O2/c1-4-7-16(3)11-8-10(14-9(2)15-11)13-6-5-12(17)18/h8H,4-7H2,1-3H3,(H,17,18)(H,13,14,15). The van der Waals surface area contributed by atoms with Crippen molar-refractivity contribution >= 4 is 17.6 Å². The van der Waals surface area contributed by atoms with Crippen LogP contribution in [0.15, 0.2) is 6.07 Å². The molecule has 1 aromatic rings. The molecular formula is C12H20N4O2. The first-order chi connectivity index (χ1) is 8.52. The van der Waals surface area contributed by atoms with Crippen LogP contribution in [-0.4, -0.2) is 41.2 Å². The molecule has 6 heteroatoms. The highest BCUT2D eigenvalue weighted by Crippen LogP contribution is 2.14. The number of hydrogen-bond acceptors (Lipinski definition) is 5. The summed E-state index contributed by atoms with van der Waals surface area (Å²) in [5.74, 6) is 1.37. The second-order valence-corrected chi connectivity index (χ2v) is 4.15. The minimum atomic E-state index is -0.823. The SMILES string of the molecule is CCCN(C)c1cc(NCCC(=O)O)nc(C)n1. The Morgan fingerprint density at radius 1 is 1.50 bits per heavy atom. The number of carboxylic acids is 1. The van der Waals surface area contributed by atoms with E-state index in [1.807, 2.05) is 20.0 Å². The maximum atomic E-state index is 10.4. The topological polar surface area (TPSA) is 78.4 Å². The van der Waals surface area contributed by atoms with Crippen molar-refractivity contribution in [1.29, 1.82) is 0 Å². The van der Waals surface area contributed by atoms with Crippen molar-refractivity contribution in [3.05, 3.63) is 11.9 Å². The Morgan fingerprint density at radius 2 is 2.22 bits per heavy atom. The summed E-state index contributed by atoms with van der Waals surface area (Å²) >= 11 is 0. The first-order valence-corrected chi connectivity index (χ1v) is 6.05. The van der Waals surface area contributed by atoms with Gasteiger partial charge in [0.15, 0.2) is 0 Å². The third-order valence-corrected chi connectivity index (χ3v) is 2.42. The van der Waals surface area contributed by atoms with Crippen LogP contribution >= 0.6 is 0 Å². The average molecular weight is 252 g/mol. The second kappa shape index (κ2) is 6.78. The number of carbonyl (C=O) groups is 1. The van der Waals surface area contributed by atoms with E-state index in [1.54, 1.807) is 0 Å².